The highest BCUT2D eigenvalue weighted by Crippen LogP contribution is 2.31. The van der Waals surface area contributed by atoms with Crippen molar-refractivity contribution in [3.8, 4) is 0 Å². The maximum Gasteiger partial charge on any atom is 0.325 e. The number of carbonyl (C=O) groups is 3. The summed E-state index contributed by atoms with van der Waals surface area (Å²) in [6.07, 6.45) is 0. The quantitative estimate of drug-likeness (QED) is 0.679. The molecule has 142 valence electrons. The minimum atomic E-state index is -1.24. The van der Waals surface area contributed by atoms with Crippen molar-refractivity contribution in [2.75, 3.05) is 11.9 Å². The van der Waals surface area contributed by atoms with Crippen LogP contribution >= 0.6 is 0 Å². The van der Waals surface area contributed by atoms with E-state index >= 15 is 0 Å². The van der Waals surface area contributed by atoms with E-state index in [-0.39, 0.29) is 5.82 Å². The van der Waals surface area contributed by atoms with Crippen LogP contribution in [-0.4, -0.2) is 34.4 Å². The molecule has 1 fully saturated rings. The fourth-order valence-corrected chi connectivity index (χ4v) is 3.29. The number of nitrogens with one attached hydrogen (secondary N) is 2. The summed E-state index contributed by atoms with van der Waals surface area (Å²) in [5.41, 5.74) is -0.592. The van der Waals surface area contributed by atoms with Crippen LogP contribution in [0.4, 0.5) is 10.6 Å². The van der Waals surface area contributed by atoms with Gasteiger partial charge in [-0.2, -0.15) is 0 Å². The Balaban J connectivity index is 1.55. The molecule has 0 spiro atoms. The molecule has 0 radical (unpaired) electrons. The standard InChI is InChI=1S/C20H18N4O4/c1-12-9-16(23-28-12)21-17(25)11-24-18(26)20(2,22-19(24)27)15-8-7-13-5-3-4-6-14(13)10-15/h3-10H,11H2,1-2H3,(H,22,27)(H,21,23,25)/t20-/m0/s1. The number of aromatic nitrogens is 1. The van der Waals surface area contributed by atoms with E-state index in [0.717, 1.165) is 15.7 Å². The monoisotopic (exact) mass is 378 g/mol. The predicted octanol–water partition coefficient (Wildman–Crippen LogP) is 2.54. The van der Waals surface area contributed by atoms with Crippen LogP contribution < -0.4 is 10.6 Å². The molecule has 1 atom stereocenters. The summed E-state index contributed by atoms with van der Waals surface area (Å²) in [5, 5.41) is 10.9. The van der Waals surface area contributed by atoms with Crippen LogP contribution in [0.3, 0.4) is 0 Å². The van der Waals surface area contributed by atoms with Crippen molar-refractivity contribution in [3.05, 3.63) is 59.9 Å². The molecule has 8 heteroatoms. The lowest BCUT2D eigenvalue weighted by molar-refractivity contribution is -0.133. The highest BCUT2D eigenvalue weighted by Gasteiger charge is 2.49. The van der Waals surface area contributed by atoms with Crippen LogP contribution in [0, 0.1) is 6.92 Å². The zero-order valence-corrected chi connectivity index (χ0v) is 15.4. The van der Waals surface area contributed by atoms with E-state index in [1.54, 1.807) is 19.9 Å². The molecule has 1 aliphatic heterocycles. The summed E-state index contributed by atoms with van der Waals surface area (Å²) >= 11 is 0. The topological polar surface area (TPSA) is 105 Å². The number of imide groups is 1. The Morgan fingerprint density at radius 2 is 1.93 bits per heavy atom. The van der Waals surface area contributed by atoms with Crippen LogP contribution in [0.15, 0.2) is 53.1 Å². The van der Waals surface area contributed by atoms with E-state index in [1.165, 1.54) is 0 Å². The molecule has 28 heavy (non-hydrogen) atoms. The minimum absolute atomic E-state index is 0.229. The largest absolute Gasteiger partial charge is 0.360 e. The fraction of sp³-hybridized carbons (Fsp3) is 0.200. The van der Waals surface area contributed by atoms with Gasteiger partial charge in [0.2, 0.25) is 5.91 Å². The first kappa shape index (κ1) is 17.7. The number of anilines is 1. The third-order valence-corrected chi connectivity index (χ3v) is 4.80. The molecule has 3 aromatic rings. The van der Waals surface area contributed by atoms with E-state index in [4.69, 9.17) is 4.52 Å². The van der Waals surface area contributed by atoms with Crippen LogP contribution in [0.25, 0.3) is 10.8 Å². The van der Waals surface area contributed by atoms with Gasteiger partial charge in [0, 0.05) is 6.07 Å². The van der Waals surface area contributed by atoms with Crippen molar-refractivity contribution in [3.63, 3.8) is 0 Å². The molecular weight excluding hydrogens is 360 g/mol. The summed E-state index contributed by atoms with van der Waals surface area (Å²) in [7, 11) is 0. The van der Waals surface area contributed by atoms with Gasteiger partial charge in [-0.25, -0.2) is 4.79 Å². The first-order valence-corrected chi connectivity index (χ1v) is 8.73. The van der Waals surface area contributed by atoms with E-state index in [1.807, 2.05) is 42.5 Å². The smallest absolute Gasteiger partial charge is 0.325 e. The van der Waals surface area contributed by atoms with Gasteiger partial charge in [-0.1, -0.05) is 41.6 Å². The van der Waals surface area contributed by atoms with Crippen LogP contribution in [0.5, 0.6) is 0 Å². The number of aryl methyl sites for hydroxylation is 1. The van der Waals surface area contributed by atoms with Gasteiger partial charge in [-0.3, -0.25) is 14.5 Å². The summed E-state index contributed by atoms with van der Waals surface area (Å²) in [6, 6.07) is 14.3. The number of hydrogen-bond donors (Lipinski definition) is 2. The maximum absolute atomic E-state index is 13.0. The predicted molar refractivity (Wildman–Crippen MR) is 101 cm³/mol. The van der Waals surface area contributed by atoms with Gasteiger partial charge in [0.05, 0.1) is 0 Å². The zero-order chi connectivity index (χ0) is 19.9. The van der Waals surface area contributed by atoms with Crippen LogP contribution in [0.2, 0.25) is 0 Å². The molecule has 4 rings (SSSR count). The number of nitrogens with zero attached hydrogens (tertiary/aromatic N) is 2. The zero-order valence-electron chi connectivity index (χ0n) is 15.4. The van der Waals surface area contributed by atoms with E-state index < -0.39 is 29.9 Å². The molecular formula is C20H18N4O4. The molecule has 2 aromatic carbocycles. The highest BCUT2D eigenvalue weighted by molar-refractivity contribution is 6.10. The highest BCUT2D eigenvalue weighted by atomic mass is 16.5. The molecule has 1 aliphatic rings. The fourth-order valence-electron chi connectivity index (χ4n) is 3.29. The lowest BCUT2D eigenvalue weighted by Gasteiger charge is -2.22. The second-order valence-electron chi connectivity index (χ2n) is 6.88. The molecule has 2 heterocycles. The lowest BCUT2D eigenvalue weighted by Crippen LogP contribution is -2.42. The molecule has 8 nitrogen and oxygen atoms in total. The first-order valence-electron chi connectivity index (χ1n) is 8.73. The number of amides is 4. The molecule has 0 saturated carbocycles. The Kier molecular flexibility index (Phi) is 4.11. The van der Waals surface area contributed by atoms with E-state index in [9.17, 15) is 14.4 Å². The van der Waals surface area contributed by atoms with Gasteiger partial charge in [0.15, 0.2) is 5.82 Å². The van der Waals surface area contributed by atoms with Crippen molar-refractivity contribution >= 4 is 34.4 Å². The number of carbonyl (C=O) groups excluding carboxylic acids is 3. The molecule has 0 bridgehead atoms. The minimum Gasteiger partial charge on any atom is -0.360 e. The Morgan fingerprint density at radius 3 is 2.64 bits per heavy atom. The summed E-state index contributed by atoms with van der Waals surface area (Å²) < 4.78 is 4.88. The Hall–Kier alpha value is -3.68. The molecule has 0 aliphatic carbocycles. The molecule has 4 amide bonds. The van der Waals surface area contributed by atoms with Crippen molar-refractivity contribution < 1.29 is 18.9 Å². The molecule has 1 saturated heterocycles. The van der Waals surface area contributed by atoms with Gasteiger partial charge >= 0.3 is 6.03 Å². The third kappa shape index (κ3) is 2.98. The van der Waals surface area contributed by atoms with Crippen LogP contribution in [-0.2, 0) is 15.1 Å². The second-order valence-corrected chi connectivity index (χ2v) is 6.88. The first-order chi connectivity index (χ1) is 13.4. The van der Waals surface area contributed by atoms with Crippen molar-refractivity contribution in [2.24, 2.45) is 0 Å². The summed E-state index contributed by atoms with van der Waals surface area (Å²) in [6.45, 7) is 2.91. The Bertz CT molecular complexity index is 1110. The molecule has 1 aromatic heterocycles. The molecule has 2 N–H and O–H groups in total. The van der Waals surface area contributed by atoms with Crippen molar-refractivity contribution in [2.45, 2.75) is 19.4 Å². The van der Waals surface area contributed by atoms with Crippen molar-refractivity contribution in [1.29, 1.82) is 0 Å². The van der Waals surface area contributed by atoms with Gasteiger partial charge in [-0.05, 0) is 36.2 Å². The van der Waals surface area contributed by atoms with Gasteiger partial charge in [-0.15, -0.1) is 0 Å². The second kappa shape index (κ2) is 6.49. The van der Waals surface area contributed by atoms with Crippen LogP contribution in [0.1, 0.15) is 18.2 Å². The third-order valence-electron chi connectivity index (χ3n) is 4.80. The number of fused-ring (bicyclic) bond motifs is 1. The van der Waals surface area contributed by atoms with Gasteiger partial charge in [0.25, 0.3) is 5.91 Å². The van der Waals surface area contributed by atoms with Gasteiger partial charge < -0.3 is 15.2 Å². The maximum atomic E-state index is 13.0. The normalized spacial score (nSPS) is 19.1. The summed E-state index contributed by atoms with van der Waals surface area (Å²) in [4.78, 5) is 38.5. The Labute approximate surface area is 160 Å². The van der Waals surface area contributed by atoms with E-state index in [0.29, 0.717) is 11.3 Å². The van der Waals surface area contributed by atoms with Crippen molar-refractivity contribution in [1.82, 2.24) is 15.4 Å². The van der Waals surface area contributed by atoms with E-state index in [2.05, 4.69) is 15.8 Å². The average molecular weight is 378 g/mol. The number of benzene rings is 2. The Morgan fingerprint density at radius 1 is 1.18 bits per heavy atom. The van der Waals surface area contributed by atoms with Gasteiger partial charge in [0.1, 0.15) is 17.8 Å². The average Bonchev–Trinajstić information content (AvgIpc) is 3.17. The SMILES string of the molecule is Cc1cc(NC(=O)CN2C(=O)N[C@@](C)(c3ccc4ccccc4c3)C2=O)no1. The lowest BCUT2D eigenvalue weighted by atomic mass is 9.90. The molecule has 0 unspecified atom stereocenters. The number of urea groups is 1. The number of hydrogen-bond acceptors (Lipinski definition) is 5. The number of rotatable bonds is 4. The summed E-state index contributed by atoms with van der Waals surface area (Å²) in [5.74, 6) is -0.264.